The topological polar surface area (TPSA) is 33.7 Å². The second-order valence-electron chi connectivity index (χ2n) is 7.17. The van der Waals surface area contributed by atoms with Gasteiger partial charge in [-0.25, -0.2) is 0 Å². The molecule has 2 aliphatic heterocycles. The number of nitrogens with zero attached hydrogens (tertiary/aromatic N) is 1. The van der Waals surface area contributed by atoms with Gasteiger partial charge in [0.25, 0.3) is 0 Å². The predicted molar refractivity (Wildman–Crippen MR) is 84.6 cm³/mol. The molecular weight excluding hydrogens is 264 g/mol. The number of hydrogen-bond donors (Lipinski definition) is 1. The molecule has 2 saturated heterocycles. The first kappa shape index (κ1) is 15.7. The van der Waals surface area contributed by atoms with Crippen LogP contribution < -0.4 is 5.32 Å². The number of hydrogen-bond acceptors (Lipinski definition) is 4. The van der Waals surface area contributed by atoms with Crippen molar-refractivity contribution in [3.63, 3.8) is 0 Å². The zero-order chi connectivity index (χ0) is 14.5. The summed E-state index contributed by atoms with van der Waals surface area (Å²) in [4.78, 5) is 2.74. The van der Waals surface area contributed by atoms with Crippen molar-refractivity contribution < 1.29 is 9.47 Å². The molecule has 0 spiro atoms. The highest BCUT2D eigenvalue weighted by Crippen LogP contribution is 2.34. The minimum atomic E-state index is 0.313. The largest absolute Gasteiger partial charge is 0.381 e. The Morgan fingerprint density at radius 1 is 1.19 bits per heavy atom. The van der Waals surface area contributed by atoms with E-state index in [0.29, 0.717) is 17.6 Å². The molecule has 1 aliphatic carbocycles. The summed E-state index contributed by atoms with van der Waals surface area (Å²) >= 11 is 0. The minimum Gasteiger partial charge on any atom is -0.381 e. The maximum atomic E-state index is 6.03. The van der Waals surface area contributed by atoms with Gasteiger partial charge in [-0.1, -0.05) is 19.8 Å². The third-order valence-corrected chi connectivity index (χ3v) is 5.54. The van der Waals surface area contributed by atoms with Gasteiger partial charge in [0.1, 0.15) is 0 Å². The van der Waals surface area contributed by atoms with Crippen LogP contribution in [0.2, 0.25) is 0 Å². The van der Waals surface area contributed by atoms with E-state index in [1.807, 2.05) is 0 Å². The quantitative estimate of drug-likeness (QED) is 0.842. The van der Waals surface area contributed by atoms with Crippen LogP contribution in [0.3, 0.4) is 0 Å². The summed E-state index contributed by atoms with van der Waals surface area (Å²) in [7, 11) is 0. The van der Waals surface area contributed by atoms with Gasteiger partial charge in [-0.05, 0) is 32.2 Å². The molecule has 1 saturated carbocycles. The molecule has 0 amide bonds. The third-order valence-electron chi connectivity index (χ3n) is 5.54. The summed E-state index contributed by atoms with van der Waals surface area (Å²) in [5.41, 5.74) is 0.313. The molecule has 3 fully saturated rings. The molecule has 4 heteroatoms. The average Bonchev–Trinajstić information content (AvgIpc) is 2.54. The molecule has 0 radical (unpaired) electrons. The van der Waals surface area contributed by atoms with Crippen molar-refractivity contribution in [2.75, 3.05) is 46.0 Å². The maximum absolute atomic E-state index is 6.03. The van der Waals surface area contributed by atoms with E-state index in [4.69, 9.17) is 9.47 Å². The molecular formula is C17H32N2O2. The van der Waals surface area contributed by atoms with Crippen LogP contribution in [0.5, 0.6) is 0 Å². The summed E-state index contributed by atoms with van der Waals surface area (Å²) in [6.07, 6.45) is 8.31. The lowest BCUT2D eigenvalue weighted by Crippen LogP contribution is -2.58. The smallest absolute Gasteiger partial charge is 0.0730 e. The lowest BCUT2D eigenvalue weighted by molar-refractivity contribution is -0.112. The minimum absolute atomic E-state index is 0.313. The van der Waals surface area contributed by atoms with E-state index >= 15 is 0 Å². The molecule has 0 aromatic rings. The van der Waals surface area contributed by atoms with E-state index in [9.17, 15) is 0 Å². The van der Waals surface area contributed by atoms with Crippen molar-refractivity contribution in [3.05, 3.63) is 0 Å². The van der Waals surface area contributed by atoms with Crippen molar-refractivity contribution in [3.8, 4) is 0 Å². The molecule has 3 unspecified atom stereocenters. The first-order valence-electron chi connectivity index (χ1n) is 8.97. The molecule has 3 rings (SSSR count). The fourth-order valence-electron chi connectivity index (χ4n) is 4.42. The number of rotatable bonds is 5. The Morgan fingerprint density at radius 3 is 2.90 bits per heavy atom. The van der Waals surface area contributed by atoms with E-state index in [1.165, 1.54) is 45.1 Å². The van der Waals surface area contributed by atoms with Crippen molar-refractivity contribution in [1.29, 1.82) is 0 Å². The second kappa shape index (κ2) is 7.40. The molecule has 1 N–H and O–H groups in total. The molecule has 2 heterocycles. The van der Waals surface area contributed by atoms with Gasteiger partial charge in [0.2, 0.25) is 0 Å². The first-order valence-corrected chi connectivity index (χ1v) is 8.97. The van der Waals surface area contributed by atoms with Crippen molar-refractivity contribution >= 4 is 0 Å². The van der Waals surface area contributed by atoms with Gasteiger partial charge >= 0.3 is 0 Å². The standard InChI is InChI=1S/C17H32N2O2/c1-2-18-12-17(8-5-10-20-14-17)13-19-9-11-21-16-7-4-3-6-15(16)19/h15-16,18H,2-14H2,1H3. The van der Waals surface area contributed by atoms with E-state index in [1.54, 1.807) is 0 Å². The maximum Gasteiger partial charge on any atom is 0.0730 e. The number of fused-ring (bicyclic) bond motifs is 1. The monoisotopic (exact) mass is 296 g/mol. The Labute approximate surface area is 129 Å². The molecule has 4 nitrogen and oxygen atoms in total. The highest BCUT2D eigenvalue weighted by atomic mass is 16.5. The van der Waals surface area contributed by atoms with Crippen molar-refractivity contribution in [2.45, 2.75) is 57.6 Å². The fraction of sp³-hybridized carbons (Fsp3) is 1.00. The van der Waals surface area contributed by atoms with Crippen LogP contribution in [-0.2, 0) is 9.47 Å². The summed E-state index contributed by atoms with van der Waals surface area (Å²) in [6, 6.07) is 0.660. The average molecular weight is 296 g/mol. The molecule has 122 valence electrons. The van der Waals surface area contributed by atoms with Crippen LogP contribution in [0.4, 0.5) is 0 Å². The van der Waals surface area contributed by atoms with Gasteiger partial charge in [-0.3, -0.25) is 4.90 Å². The summed E-state index contributed by atoms with van der Waals surface area (Å²) in [5, 5.41) is 3.58. The highest BCUT2D eigenvalue weighted by molar-refractivity contribution is 4.93. The van der Waals surface area contributed by atoms with Crippen LogP contribution in [-0.4, -0.2) is 63.0 Å². The van der Waals surface area contributed by atoms with Gasteiger partial charge in [-0.2, -0.15) is 0 Å². The Morgan fingerprint density at radius 2 is 2.10 bits per heavy atom. The number of morpholine rings is 1. The Kier molecular flexibility index (Phi) is 5.54. The summed E-state index contributed by atoms with van der Waals surface area (Å²) in [5.74, 6) is 0. The first-order chi connectivity index (χ1) is 10.3. The van der Waals surface area contributed by atoms with E-state index < -0.39 is 0 Å². The molecule has 3 aliphatic rings. The number of nitrogens with one attached hydrogen (secondary N) is 1. The normalized spacial score (nSPS) is 38.1. The summed E-state index contributed by atoms with van der Waals surface area (Å²) < 4.78 is 11.9. The fourth-order valence-corrected chi connectivity index (χ4v) is 4.42. The van der Waals surface area contributed by atoms with Crippen LogP contribution >= 0.6 is 0 Å². The van der Waals surface area contributed by atoms with Crippen LogP contribution in [0, 0.1) is 5.41 Å². The Balaban J connectivity index is 1.65. The third kappa shape index (κ3) is 3.79. The van der Waals surface area contributed by atoms with Crippen molar-refractivity contribution in [1.82, 2.24) is 10.2 Å². The molecule has 0 aromatic carbocycles. The van der Waals surface area contributed by atoms with E-state index in [2.05, 4.69) is 17.1 Å². The second-order valence-corrected chi connectivity index (χ2v) is 7.17. The SMILES string of the molecule is CCNCC1(CN2CCOC3CCCCC32)CCCOC1. The Bertz CT molecular complexity index is 316. The highest BCUT2D eigenvalue weighted by Gasteiger charge is 2.40. The van der Waals surface area contributed by atoms with Gasteiger partial charge in [-0.15, -0.1) is 0 Å². The van der Waals surface area contributed by atoms with Crippen LogP contribution in [0.15, 0.2) is 0 Å². The van der Waals surface area contributed by atoms with Crippen LogP contribution in [0.25, 0.3) is 0 Å². The Hall–Kier alpha value is -0.160. The number of ether oxygens (including phenoxy) is 2. The van der Waals surface area contributed by atoms with E-state index in [-0.39, 0.29) is 0 Å². The lowest BCUT2D eigenvalue weighted by Gasteiger charge is -2.48. The molecule has 0 aromatic heterocycles. The van der Waals surface area contributed by atoms with Crippen LogP contribution in [0.1, 0.15) is 45.4 Å². The van der Waals surface area contributed by atoms with Gasteiger partial charge in [0.05, 0.1) is 19.3 Å². The van der Waals surface area contributed by atoms with Gasteiger partial charge < -0.3 is 14.8 Å². The summed E-state index contributed by atoms with van der Waals surface area (Å²) in [6.45, 7) is 9.43. The molecule has 0 bridgehead atoms. The predicted octanol–water partition coefficient (Wildman–Crippen LogP) is 2.04. The molecule has 3 atom stereocenters. The zero-order valence-corrected chi connectivity index (χ0v) is 13.6. The van der Waals surface area contributed by atoms with Gasteiger partial charge in [0.15, 0.2) is 0 Å². The van der Waals surface area contributed by atoms with Gasteiger partial charge in [0, 0.05) is 37.7 Å². The lowest BCUT2D eigenvalue weighted by atomic mass is 9.80. The van der Waals surface area contributed by atoms with E-state index in [0.717, 1.165) is 39.5 Å². The zero-order valence-electron chi connectivity index (χ0n) is 13.6. The van der Waals surface area contributed by atoms with Crippen molar-refractivity contribution in [2.24, 2.45) is 5.41 Å². The molecule has 21 heavy (non-hydrogen) atoms.